The van der Waals surface area contributed by atoms with E-state index in [0.29, 0.717) is 30.1 Å². The van der Waals surface area contributed by atoms with E-state index < -0.39 is 21.3 Å². The molecule has 1 N–H and O–H groups in total. The third-order valence-electron chi connectivity index (χ3n) is 4.99. The fourth-order valence-electron chi connectivity index (χ4n) is 3.47. The monoisotopic (exact) mass is 424 g/mol. The first-order valence-corrected chi connectivity index (χ1v) is 11.2. The maximum Gasteiger partial charge on any atom is 0.229 e. The quantitative estimate of drug-likeness (QED) is 0.653. The second kappa shape index (κ2) is 8.58. The lowest BCUT2D eigenvalue weighted by Crippen LogP contribution is -2.65. The molecule has 0 saturated carbocycles. The minimum Gasteiger partial charge on any atom is -0.355 e. The summed E-state index contributed by atoms with van der Waals surface area (Å²) in [7, 11) is -3.41. The predicted molar refractivity (Wildman–Crippen MR) is 104 cm³/mol. The van der Waals surface area contributed by atoms with Crippen LogP contribution in [0.15, 0.2) is 28.8 Å². The molecule has 1 saturated heterocycles. The predicted octanol–water partition coefficient (Wildman–Crippen LogP) is 1.46. The fourth-order valence-corrected chi connectivity index (χ4v) is 5.13. The minimum absolute atomic E-state index is 0.0293. The highest BCUT2D eigenvalue weighted by molar-refractivity contribution is 7.89. The summed E-state index contributed by atoms with van der Waals surface area (Å²) >= 11 is 0. The molecule has 0 unspecified atom stereocenters. The van der Waals surface area contributed by atoms with Gasteiger partial charge in [0.25, 0.3) is 0 Å². The van der Waals surface area contributed by atoms with Gasteiger partial charge in [0.2, 0.25) is 21.8 Å². The largest absolute Gasteiger partial charge is 0.355 e. The van der Waals surface area contributed by atoms with Gasteiger partial charge in [-0.05, 0) is 24.5 Å². The maximum atomic E-state index is 14.2. The topological polar surface area (TPSA) is 105 Å². The van der Waals surface area contributed by atoms with Crippen LogP contribution >= 0.6 is 0 Å². The van der Waals surface area contributed by atoms with E-state index in [1.165, 1.54) is 10.4 Å². The van der Waals surface area contributed by atoms with Crippen molar-refractivity contribution in [3.63, 3.8) is 0 Å². The second-order valence-electron chi connectivity index (χ2n) is 7.37. The Morgan fingerprint density at radius 1 is 1.34 bits per heavy atom. The third-order valence-corrected chi connectivity index (χ3v) is 6.95. The molecule has 0 aliphatic carbocycles. The van der Waals surface area contributed by atoms with Crippen LogP contribution in [0.25, 0.3) is 0 Å². The van der Waals surface area contributed by atoms with Gasteiger partial charge in [0.05, 0.1) is 11.2 Å². The summed E-state index contributed by atoms with van der Waals surface area (Å²) in [5.41, 5.74) is -0.611. The number of benzene rings is 1. The molecule has 0 spiro atoms. The molecule has 1 aliphatic rings. The molecule has 3 rings (SSSR count). The molecular weight excluding hydrogens is 399 g/mol. The summed E-state index contributed by atoms with van der Waals surface area (Å²) in [6.07, 6.45) is 1.01. The number of hydrogen-bond acceptors (Lipinski definition) is 6. The summed E-state index contributed by atoms with van der Waals surface area (Å²) in [6, 6.07) is 6.24. The Bertz CT molecular complexity index is 970. The second-order valence-corrected chi connectivity index (χ2v) is 9.46. The van der Waals surface area contributed by atoms with Crippen LogP contribution in [0.4, 0.5) is 4.39 Å². The van der Waals surface area contributed by atoms with E-state index in [1.54, 1.807) is 32.0 Å². The van der Waals surface area contributed by atoms with Crippen LogP contribution in [0.5, 0.6) is 0 Å². The SMILES string of the molecule is CCCS(=O)(=O)N1CC(Cc2ccccc2F)(C(=O)NCCc2noc(C)n2)C1. The van der Waals surface area contributed by atoms with E-state index in [0.717, 1.165) is 0 Å². The smallest absolute Gasteiger partial charge is 0.229 e. The van der Waals surface area contributed by atoms with Crippen molar-refractivity contribution in [3.8, 4) is 0 Å². The van der Waals surface area contributed by atoms with Crippen LogP contribution in [0.1, 0.15) is 30.6 Å². The molecule has 1 aliphatic heterocycles. The van der Waals surface area contributed by atoms with E-state index in [4.69, 9.17) is 4.52 Å². The van der Waals surface area contributed by atoms with Gasteiger partial charge in [-0.1, -0.05) is 30.3 Å². The van der Waals surface area contributed by atoms with Gasteiger partial charge in [0.1, 0.15) is 5.82 Å². The van der Waals surface area contributed by atoms with E-state index in [1.807, 2.05) is 0 Å². The number of sulfonamides is 1. The van der Waals surface area contributed by atoms with Gasteiger partial charge in [-0.2, -0.15) is 9.29 Å². The van der Waals surface area contributed by atoms with Gasteiger partial charge in [0, 0.05) is 33.0 Å². The molecule has 2 heterocycles. The van der Waals surface area contributed by atoms with Crippen LogP contribution in [0, 0.1) is 18.2 Å². The Morgan fingerprint density at radius 2 is 2.07 bits per heavy atom. The Balaban J connectivity index is 1.71. The van der Waals surface area contributed by atoms with E-state index in [-0.39, 0.29) is 37.7 Å². The summed E-state index contributed by atoms with van der Waals surface area (Å²) in [5.74, 6) is 0.243. The van der Waals surface area contributed by atoms with Gasteiger partial charge in [0.15, 0.2) is 5.82 Å². The number of aromatic nitrogens is 2. The average Bonchev–Trinajstić information content (AvgIpc) is 3.04. The molecule has 158 valence electrons. The number of nitrogens with one attached hydrogen (secondary N) is 1. The van der Waals surface area contributed by atoms with Crippen molar-refractivity contribution in [2.24, 2.45) is 5.41 Å². The lowest BCUT2D eigenvalue weighted by atomic mass is 9.75. The van der Waals surface area contributed by atoms with Crippen LogP contribution in [0.3, 0.4) is 0 Å². The summed E-state index contributed by atoms with van der Waals surface area (Å²) in [5, 5.41) is 6.60. The summed E-state index contributed by atoms with van der Waals surface area (Å²) in [6.45, 7) is 3.82. The lowest BCUT2D eigenvalue weighted by molar-refractivity contribution is -0.137. The molecule has 8 nitrogen and oxygen atoms in total. The van der Waals surface area contributed by atoms with Crippen molar-refractivity contribution in [2.45, 2.75) is 33.1 Å². The van der Waals surface area contributed by atoms with Crippen molar-refractivity contribution >= 4 is 15.9 Å². The van der Waals surface area contributed by atoms with E-state index in [9.17, 15) is 17.6 Å². The molecule has 1 aromatic heterocycles. The standard InChI is InChI=1S/C19H25FN4O4S/c1-3-10-29(26,27)24-12-19(13-24,11-15-6-4-5-7-16(15)20)18(25)21-9-8-17-22-14(2)28-23-17/h4-7H,3,8-13H2,1-2H3,(H,21,25). The summed E-state index contributed by atoms with van der Waals surface area (Å²) < 4.78 is 45.1. The van der Waals surface area contributed by atoms with Crippen molar-refractivity contribution < 1.29 is 22.1 Å². The van der Waals surface area contributed by atoms with Gasteiger partial charge in [-0.3, -0.25) is 4.79 Å². The molecular formula is C19H25FN4O4S. The Kier molecular flexibility index (Phi) is 6.33. The highest BCUT2D eigenvalue weighted by atomic mass is 32.2. The lowest BCUT2D eigenvalue weighted by Gasteiger charge is -2.48. The van der Waals surface area contributed by atoms with Gasteiger partial charge in [-0.15, -0.1) is 0 Å². The molecule has 1 amide bonds. The number of halogens is 1. The van der Waals surface area contributed by atoms with E-state index in [2.05, 4.69) is 15.5 Å². The van der Waals surface area contributed by atoms with Gasteiger partial charge in [-0.25, -0.2) is 12.8 Å². The van der Waals surface area contributed by atoms with E-state index >= 15 is 0 Å². The zero-order valence-electron chi connectivity index (χ0n) is 16.5. The highest BCUT2D eigenvalue weighted by Gasteiger charge is 2.53. The van der Waals surface area contributed by atoms with Crippen LogP contribution < -0.4 is 5.32 Å². The molecule has 1 aromatic carbocycles. The molecule has 0 radical (unpaired) electrons. The molecule has 10 heteroatoms. The highest BCUT2D eigenvalue weighted by Crippen LogP contribution is 2.37. The first kappa shape index (κ1) is 21.4. The van der Waals surface area contributed by atoms with Crippen molar-refractivity contribution in [1.82, 2.24) is 19.8 Å². The van der Waals surface area contributed by atoms with Gasteiger partial charge < -0.3 is 9.84 Å². The Labute approximate surface area is 169 Å². The minimum atomic E-state index is -3.41. The molecule has 0 bridgehead atoms. The zero-order chi connectivity index (χ0) is 21.1. The number of carbonyl (C=O) groups excluding carboxylic acids is 1. The maximum absolute atomic E-state index is 14.2. The van der Waals surface area contributed by atoms with Crippen molar-refractivity contribution in [1.29, 1.82) is 0 Å². The fraction of sp³-hybridized carbons (Fsp3) is 0.526. The number of amides is 1. The number of carbonyl (C=O) groups is 1. The number of rotatable bonds is 9. The molecule has 1 fully saturated rings. The molecule has 0 atom stereocenters. The molecule has 29 heavy (non-hydrogen) atoms. The van der Waals surface area contributed by atoms with Crippen LogP contribution in [-0.2, 0) is 27.7 Å². The summed E-state index contributed by atoms with van der Waals surface area (Å²) in [4.78, 5) is 17.1. The number of hydrogen-bond donors (Lipinski definition) is 1. The molecule has 2 aromatic rings. The van der Waals surface area contributed by atoms with Crippen LogP contribution in [-0.4, -0.2) is 54.2 Å². The van der Waals surface area contributed by atoms with Crippen LogP contribution in [0.2, 0.25) is 0 Å². The van der Waals surface area contributed by atoms with Gasteiger partial charge >= 0.3 is 0 Å². The Morgan fingerprint density at radius 3 is 2.69 bits per heavy atom. The average molecular weight is 424 g/mol. The number of nitrogens with zero attached hydrogens (tertiary/aromatic N) is 3. The zero-order valence-corrected chi connectivity index (χ0v) is 17.3. The first-order valence-electron chi connectivity index (χ1n) is 9.54. The first-order chi connectivity index (χ1) is 13.8. The third kappa shape index (κ3) is 4.81. The van der Waals surface area contributed by atoms with Crippen molar-refractivity contribution in [3.05, 3.63) is 47.4 Å². The van der Waals surface area contributed by atoms with Crippen molar-refractivity contribution in [2.75, 3.05) is 25.4 Å². The Hall–Kier alpha value is -2.33. The number of aryl methyl sites for hydroxylation is 1. The normalized spacial score (nSPS) is 16.4.